The van der Waals surface area contributed by atoms with Gasteiger partial charge in [0.25, 0.3) is 0 Å². The van der Waals surface area contributed by atoms with Gasteiger partial charge in [0, 0.05) is 6.54 Å². The molecule has 1 N–H and O–H groups in total. The van der Waals surface area contributed by atoms with Crippen molar-refractivity contribution < 1.29 is 5.11 Å². The smallest absolute Gasteiger partial charge is 0.0580 e. The first kappa shape index (κ1) is 13.6. The minimum absolute atomic E-state index is 0.0541. The van der Waals surface area contributed by atoms with Crippen LogP contribution in [0.2, 0.25) is 0 Å². The van der Waals surface area contributed by atoms with E-state index >= 15 is 0 Å². The van der Waals surface area contributed by atoms with Crippen molar-refractivity contribution in [3.8, 4) is 0 Å². The summed E-state index contributed by atoms with van der Waals surface area (Å²) in [6, 6.07) is 10.7. The van der Waals surface area contributed by atoms with Gasteiger partial charge in [-0.25, -0.2) is 0 Å². The molecule has 0 spiro atoms. The molecule has 2 unspecified atom stereocenters. The molecule has 1 aromatic carbocycles. The number of rotatable bonds is 6. The third-order valence-electron chi connectivity index (χ3n) is 4.01. The summed E-state index contributed by atoms with van der Waals surface area (Å²) in [5, 5.41) is 9.81. The van der Waals surface area contributed by atoms with E-state index < -0.39 is 0 Å². The Kier molecular flexibility index (Phi) is 5.21. The van der Waals surface area contributed by atoms with Crippen LogP contribution in [-0.4, -0.2) is 36.2 Å². The van der Waals surface area contributed by atoms with Crippen molar-refractivity contribution in [2.45, 2.75) is 38.2 Å². The van der Waals surface area contributed by atoms with Gasteiger partial charge in [-0.3, -0.25) is 0 Å². The lowest BCUT2D eigenvalue weighted by Crippen LogP contribution is -2.30. The highest BCUT2D eigenvalue weighted by atomic mass is 16.3. The highest BCUT2D eigenvalue weighted by Crippen LogP contribution is 2.25. The molecule has 18 heavy (non-hydrogen) atoms. The topological polar surface area (TPSA) is 23.5 Å². The Hall–Kier alpha value is -0.860. The largest absolute Gasteiger partial charge is 0.393 e. The fourth-order valence-electron chi connectivity index (χ4n) is 2.92. The van der Waals surface area contributed by atoms with Crippen LogP contribution in [0, 0.1) is 5.92 Å². The Morgan fingerprint density at radius 1 is 1.22 bits per heavy atom. The highest BCUT2D eigenvalue weighted by Gasteiger charge is 2.25. The lowest BCUT2D eigenvalue weighted by atomic mass is 10.1. The number of aliphatic hydroxyl groups excluding tert-OH is 1. The van der Waals surface area contributed by atoms with E-state index in [1.54, 1.807) is 0 Å². The first-order valence-electron chi connectivity index (χ1n) is 7.16. The maximum absolute atomic E-state index is 9.81. The van der Waals surface area contributed by atoms with Crippen molar-refractivity contribution in [2.75, 3.05) is 20.1 Å². The molecule has 0 radical (unpaired) electrons. The van der Waals surface area contributed by atoms with Crippen LogP contribution >= 0.6 is 0 Å². The molecule has 0 aromatic heterocycles. The molecule has 2 rings (SSSR count). The molecule has 0 heterocycles. The highest BCUT2D eigenvalue weighted by molar-refractivity contribution is 5.14. The molecule has 0 amide bonds. The molecule has 2 nitrogen and oxygen atoms in total. The van der Waals surface area contributed by atoms with E-state index in [4.69, 9.17) is 0 Å². The second-order valence-corrected chi connectivity index (χ2v) is 5.61. The Labute approximate surface area is 111 Å². The van der Waals surface area contributed by atoms with Crippen LogP contribution < -0.4 is 0 Å². The lowest BCUT2D eigenvalue weighted by molar-refractivity contribution is 0.109. The first-order chi connectivity index (χ1) is 8.75. The van der Waals surface area contributed by atoms with Gasteiger partial charge >= 0.3 is 0 Å². The molecule has 2 atom stereocenters. The van der Waals surface area contributed by atoms with Gasteiger partial charge in [-0.1, -0.05) is 36.8 Å². The van der Waals surface area contributed by atoms with Crippen molar-refractivity contribution in [2.24, 2.45) is 5.92 Å². The Balaban J connectivity index is 1.64. The number of hydrogen-bond acceptors (Lipinski definition) is 2. The molecular weight excluding hydrogens is 222 g/mol. The van der Waals surface area contributed by atoms with Crippen molar-refractivity contribution in [1.82, 2.24) is 4.90 Å². The summed E-state index contributed by atoms with van der Waals surface area (Å²) in [4.78, 5) is 2.38. The molecule has 0 saturated heterocycles. The molecule has 0 aliphatic heterocycles. The van der Waals surface area contributed by atoms with Gasteiger partial charge in [0.2, 0.25) is 0 Å². The average molecular weight is 247 g/mol. The molecule has 0 bridgehead atoms. The molecule has 1 aliphatic carbocycles. The number of aliphatic hydroxyl groups is 1. The third kappa shape index (κ3) is 4.11. The van der Waals surface area contributed by atoms with E-state index in [0.29, 0.717) is 5.92 Å². The van der Waals surface area contributed by atoms with Crippen molar-refractivity contribution >= 4 is 0 Å². The van der Waals surface area contributed by atoms with Gasteiger partial charge in [-0.05, 0) is 50.8 Å². The summed E-state index contributed by atoms with van der Waals surface area (Å²) in [7, 11) is 2.18. The molecule has 100 valence electrons. The van der Waals surface area contributed by atoms with Crippen LogP contribution in [0.5, 0.6) is 0 Å². The molecule has 1 aromatic rings. The normalized spacial score (nSPS) is 23.7. The molecular formula is C16H25NO. The average Bonchev–Trinajstić information content (AvgIpc) is 2.76. The monoisotopic (exact) mass is 247 g/mol. The summed E-state index contributed by atoms with van der Waals surface area (Å²) in [6.07, 6.45) is 5.69. The summed E-state index contributed by atoms with van der Waals surface area (Å²) >= 11 is 0. The summed E-state index contributed by atoms with van der Waals surface area (Å²) < 4.78 is 0. The number of benzene rings is 1. The van der Waals surface area contributed by atoms with Gasteiger partial charge in [0.15, 0.2) is 0 Å². The molecule has 1 saturated carbocycles. The van der Waals surface area contributed by atoms with Crippen LogP contribution in [0.3, 0.4) is 0 Å². The number of nitrogens with zero attached hydrogens (tertiary/aromatic N) is 1. The fourth-order valence-corrected chi connectivity index (χ4v) is 2.92. The van der Waals surface area contributed by atoms with Gasteiger partial charge in [-0.15, -0.1) is 0 Å². The van der Waals surface area contributed by atoms with E-state index in [1.165, 1.54) is 24.8 Å². The predicted molar refractivity (Wildman–Crippen MR) is 75.6 cm³/mol. The Morgan fingerprint density at radius 2 is 2.00 bits per heavy atom. The standard InChI is InChI=1S/C16H25NO/c1-17(13-15-10-5-11-16(15)18)12-6-9-14-7-3-2-4-8-14/h2-4,7-8,15-16,18H,5-6,9-13H2,1H3. The maximum Gasteiger partial charge on any atom is 0.0580 e. The summed E-state index contributed by atoms with van der Waals surface area (Å²) in [5.41, 5.74) is 1.42. The van der Waals surface area contributed by atoms with E-state index in [9.17, 15) is 5.11 Å². The zero-order valence-corrected chi connectivity index (χ0v) is 11.4. The van der Waals surface area contributed by atoms with Gasteiger partial charge < -0.3 is 10.0 Å². The quantitative estimate of drug-likeness (QED) is 0.835. The predicted octanol–water partition coefficient (Wildman–Crippen LogP) is 2.71. The maximum atomic E-state index is 9.81. The van der Waals surface area contributed by atoms with Crippen LogP contribution in [0.15, 0.2) is 30.3 Å². The molecule has 1 aliphatic rings. The second kappa shape index (κ2) is 6.91. The van der Waals surface area contributed by atoms with Crippen LogP contribution in [0.1, 0.15) is 31.2 Å². The second-order valence-electron chi connectivity index (χ2n) is 5.61. The first-order valence-corrected chi connectivity index (χ1v) is 7.16. The fraction of sp³-hybridized carbons (Fsp3) is 0.625. The van der Waals surface area contributed by atoms with Crippen molar-refractivity contribution in [3.63, 3.8) is 0 Å². The van der Waals surface area contributed by atoms with Gasteiger partial charge in [-0.2, -0.15) is 0 Å². The molecule has 2 heteroatoms. The van der Waals surface area contributed by atoms with E-state index in [1.807, 2.05) is 0 Å². The van der Waals surface area contributed by atoms with Gasteiger partial charge in [0.1, 0.15) is 0 Å². The van der Waals surface area contributed by atoms with Crippen LogP contribution in [0.25, 0.3) is 0 Å². The van der Waals surface area contributed by atoms with E-state index in [0.717, 1.165) is 25.9 Å². The van der Waals surface area contributed by atoms with Crippen molar-refractivity contribution in [3.05, 3.63) is 35.9 Å². The van der Waals surface area contributed by atoms with E-state index in [2.05, 4.69) is 42.3 Å². The minimum Gasteiger partial charge on any atom is -0.393 e. The zero-order chi connectivity index (χ0) is 12.8. The Morgan fingerprint density at radius 3 is 2.67 bits per heavy atom. The van der Waals surface area contributed by atoms with Crippen LogP contribution in [-0.2, 0) is 6.42 Å². The van der Waals surface area contributed by atoms with Crippen LogP contribution in [0.4, 0.5) is 0 Å². The zero-order valence-electron chi connectivity index (χ0n) is 11.4. The third-order valence-corrected chi connectivity index (χ3v) is 4.01. The van der Waals surface area contributed by atoms with Gasteiger partial charge in [0.05, 0.1) is 6.10 Å². The van der Waals surface area contributed by atoms with E-state index in [-0.39, 0.29) is 6.10 Å². The number of hydrogen-bond donors (Lipinski definition) is 1. The number of aryl methyl sites for hydroxylation is 1. The summed E-state index contributed by atoms with van der Waals surface area (Å²) in [6.45, 7) is 2.17. The summed E-state index contributed by atoms with van der Waals surface area (Å²) in [5.74, 6) is 0.506. The lowest BCUT2D eigenvalue weighted by Gasteiger charge is -2.23. The van der Waals surface area contributed by atoms with Crippen molar-refractivity contribution in [1.29, 1.82) is 0 Å². The molecule has 1 fully saturated rings. The Bertz CT molecular complexity index is 338. The minimum atomic E-state index is -0.0541. The SMILES string of the molecule is CN(CCCc1ccccc1)CC1CCCC1O.